The Bertz CT molecular complexity index is 1870. The van der Waals surface area contributed by atoms with Crippen molar-refractivity contribution in [2.24, 2.45) is 0 Å². The van der Waals surface area contributed by atoms with Crippen molar-refractivity contribution in [3.05, 3.63) is 114 Å². The molecule has 3 aromatic heterocycles. The maximum atomic E-state index is 6.42. The fourth-order valence-corrected chi connectivity index (χ4v) is 7.10. The molecule has 3 heterocycles. The number of aryl methyl sites for hydroxylation is 2. The van der Waals surface area contributed by atoms with Crippen molar-refractivity contribution < 1.29 is 24.5 Å². The van der Waals surface area contributed by atoms with Gasteiger partial charge in [-0.15, -0.1) is 53.2 Å². The molecule has 0 aliphatic rings. The Morgan fingerprint density at radius 2 is 1.61 bits per heavy atom. The largest absolute Gasteiger partial charge is 0.501 e. The molecular formula is C39H42IrN2OSi-2. The van der Waals surface area contributed by atoms with E-state index in [4.69, 9.17) is 9.40 Å². The third-order valence-electron chi connectivity index (χ3n) is 8.73. The van der Waals surface area contributed by atoms with Gasteiger partial charge in [-0.05, 0) is 61.2 Å². The van der Waals surface area contributed by atoms with E-state index in [-0.39, 0.29) is 25.5 Å². The molecule has 0 bridgehead atoms. The summed E-state index contributed by atoms with van der Waals surface area (Å²) in [7, 11) is -1.57. The zero-order valence-electron chi connectivity index (χ0n) is 27.1. The van der Waals surface area contributed by atoms with Gasteiger partial charge in [-0.3, -0.25) is 0 Å². The van der Waals surface area contributed by atoms with Crippen molar-refractivity contribution in [2.45, 2.75) is 72.5 Å². The maximum Gasteiger partial charge on any atom is 0.120 e. The number of hydrogen-bond acceptors (Lipinski definition) is 3. The summed E-state index contributed by atoms with van der Waals surface area (Å²) in [6, 6.07) is 31.5. The number of pyridine rings is 2. The number of para-hydroxylation sites is 1. The molecular weight excluding hydrogens is 733 g/mol. The van der Waals surface area contributed by atoms with E-state index in [0.29, 0.717) is 0 Å². The van der Waals surface area contributed by atoms with Crippen molar-refractivity contribution >= 4 is 35.2 Å². The quantitative estimate of drug-likeness (QED) is 0.125. The Balaban J connectivity index is 0.000000264. The first kappa shape index (κ1) is 33.5. The summed E-state index contributed by atoms with van der Waals surface area (Å²) in [5.74, 6) is 0. The minimum Gasteiger partial charge on any atom is -0.501 e. The van der Waals surface area contributed by atoms with Crippen LogP contribution in [0.1, 0.15) is 50.3 Å². The fraction of sp³-hybridized carbons (Fsp3) is 0.282. The SMILES string of the molecule is CCC(C)(CC)c1cnc(-c2[c-]cc([Si](C)(C)C)c3c2oc2ccccc23)c(C)c1.Cc1ccnc(-c2[c-]cccc2)c1.[Ir]. The van der Waals surface area contributed by atoms with E-state index in [1.165, 1.54) is 32.6 Å². The third-order valence-corrected chi connectivity index (χ3v) is 10.7. The van der Waals surface area contributed by atoms with Crippen LogP contribution in [0.2, 0.25) is 19.6 Å². The average molecular weight is 775 g/mol. The topological polar surface area (TPSA) is 38.9 Å². The first-order chi connectivity index (χ1) is 20.6. The molecule has 229 valence electrons. The summed E-state index contributed by atoms with van der Waals surface area (Å²) < 4.78 is 6.42. The van der Waals surface area contributed by atoms with Crippen LogP contribution in [-0.2, 0) is 25.5 Å². The predicted octanol–water partition coefficient (Wildman–Crippen LogP) is 10.2. The molecule has 6 aromatic rings. The molecule has 0 saturated heterocycles. The first-order valence-electron chi connectivity index (χ1n) is 15.3. The van der Waals surface area contributed by atoms with Crippen molar-refractivity contribution in [1.82, 2.24) is 9.97 Å². The molecule has 0 unspecified atom stereocenters. The minimum absolute atomic E-state index is 0. The van der Waals surface area contributed by atoms with Gasteiger partial charge in [0.2, 0.25) is 0 Å². The first-order valence-corrected chi connectivity index (χ1v) is 18.8. The second-order valence-corrected chi connectivity index (χ2v) is 17.8. The standard InChI is InChI=1S/C27H32NOSi.C12H10N.Ir/c1-8-27(4,9-2)19-16-18(3)25(28-17-19)21-14-15-23(30(5,6)7)24-20-12-10-11-13-22(20)29-26(21)24;1-10-7-8-13-12(9-10)11-5-3-2-4-6-11;/h10-13,15-17H,8-9H2,1-7H3;2-5,7-9H,1H3;/q2*-1;. The van der Waals surface area contributed by atoms with Crippen molar-refractivity contribution in [3.63, 3.8) is 0 Å². The van der Waals surface area contributed by atoms with E-state index < -0.39 is 8.07 Å². The molecule has 0 aliphatic carbocycles. The van der Waals surface area contributed by atoms with E-state index in [2.05, 4.69) is 114 Å². The summed E-state index contributed by atoms with van der Waals surface area (Å²) in [5, 5.41) is 3.83. The number of nitrogens with zero attached hydrogens (tertiary/aromatic N) is 2. The van der Waals surface area contributed by atoms with E-state index in [9.17, 15) is 0 Å². The minimum atomic E-state index is -1.57. The Hall–Kier alpha value is -3.37. The molecule has 0 saturated carbocycles. The molecule has 3 nitrogen and oxygen atoms in total. The maximum absolute atomic E-state index is 6.42. The van der Waals surface area contributed by atoms with E-state index in [1.54, 1.807) is 0 Å². The summed E-state index contributed by atoms with van der Waals surface area (Å²) in [4.78, 5) is 9.22. The zero-order valence-corrected chi connectivity index (χ0v) is 30.5. The molecule has 5 heteroatoms. The third kappa shape index (κ3) is 6.81. The number of furan rings is 1. The van der Waals surface area contributed by atoms with Crippen LogP contribution < -0.4 is 5.19 Å². The van der Waals surface area contributed by atoms with Gasteiger partial charge in [0.15, 0.2) is 0 Å². The van der Waals surface area contributed by atoms with Crippen LogP contribution in [0.4, 0.5) is 0 Å². The van der Waals surface area contributed by atoms with Crippen LogP contribution in [0.15, 0.2) is 89.6 Å². The molecule has 0 fully saturated rings. The molecule has 44 heavy (non-hydrogen) atoms. The van der Waals surface area contributed by atoms with E-state index >= 15 is 0 Å². The van der Waals surface area contributed by atoms with E-state index in [0.717, 1.165) is 46.5 Å². The average Bonchev–Trinajstić information content (AvgIpc) is 3.40. The Morgan fingerprint density at radius 3 is 2.25 bits per heavy atom. The van der Waals surface area contributed by atoms with Crippen LogP contribution in [-0.4, -0.2) is 18.0 Å². The molecule has 0 atom stereocenters. The Labute approximate surface area is 277 Å². The monoisotopic (exact) mass is 775 g/mol. The van der Waals surface area contributed by atoms with Crippen LogP contribution in [0.25, 0.3) is 44.5 Å². The Kier molecular flexibility index (Phi) is 10.5. The van der Waals surface area contributed by atoms with Crippen molar-refractivity contribution in [2.75, 3.05) is 0 Å². The van der Waals surface area contributed by atoms with Gasteiger partial charge in [-0.2, -0.15) is 0 Å². The zero-order chi connectivity index (χ0) is 30.8. The molecule has 1 radical (unpaired) electrons. The molecule has 6 rings (SSSR count). The van der Waals surface area contributed by atoms with Crippen LogP contribution in [0.5, 0.6) is 0 Å². The molecule has 0 aliphatic heterocycles. The van der Waals surface area contributed by atoms with Crippen LogP contribution in [0.3, 0.4) is 0 Å². The molecule has 3 aromatic carbocycles. The summed E-state index contributed by atoms with van der Waals surface area (Å²) >= 11 is 0. The summed E-state index contributed by atoms with van der Waals surface area (Å²) in [6.45, 7) is 18.2. The second kappa shape index (κ2) is 13.7. The van der Waals surface area contributed by atoms with Gasteiger partial charge >= 0.3 is 0 Å². The number of hydrogen-bond donors (Lipinski definition) is 0. The molecule has 0 amide bonds. The van der Waals surface area contributed by atoms with Crippen LogP contribution >= 0.6 is 0 Å². The van der Waals surface area contributed by atoms with Gasteiger partial charge in [0.05, 0.1) is 5.58 Å². The van der Waals surface area contributed by atoms with Gasteiger partial charge in [0.25, 0.3) is 0 Å². The fourth-order valence-electron chi connectivity index (χ4n) is 5.60. The molecule has 0 spiro atoms. The normalized spacial score (nSPS) is 11.6. The van der Waals surface area contributed by atoms with Crippen molar-refractivity contribution in [3.8, 4) is 22.5 Å². The number of rotatable bonds is 6. The van der Waals surface area contributed by atoms with Gasteiger partial charge < -0.3 is 14.4 Å². The summed E-state index contributed by atoms with van der Waals surface area (Å²) in [6.07, 6.45) is 6.10. The predicted molar refractivity (Wildman–Crippen MR) is 185 cm³/mol. The van der Waals surface area contributed by atoms with Gasteiger partial charge in [-0.25, -0.2) is 0 Å². The van der Waals surface area contributed by atoms with E-state index in [1.807, 2.05) is 42.6 Å². The van der Waals surface area contributed by atoms with Gasteiger partial charge in [0.1, 0.15) is 5.58 Å². The second-order valence-electron chi connectivity index (χ2n) is 12.8. The smallest absolute Gasteiger partial charge is 0.120 e. The number of benzene rings is 3. The van der Waals surface area contributed by atoms with Crippen LogP contribution in [0, 0.1) is 26.0 Å². The number of aromatic nitrogens is 2. The molecule has 0 N–H and O–H groups in total. The van der Waals surface area contributed by atoms with Gasteiger partial charge in [-0.1, -0.05) is 92.8 Å². The van der Waals surface area contributed by atoms with Gasteiger partial charge in [0, 0.05) is 46.0 Å². The summed E-state index contributed by atoms with van der Waals surface area (Å²) in [5.41, 5.74) is 9.72. The Morgan fingerprint density at radius 1 is 0.886 bits per heavy atom. The number of fused-ring (bicyclic) bond motifs is 3. The van der Waals surface area contributed by atoms with Crippen molar-refractivity contribution in [1.29, 1.82) is 0 Å².